The van der Waals surface area contributed by atoms with Gasteiger partial charge in [0.2, 0.25) is 0 Å². The molecule has 96 valence electrons. The zero-order chi connectivity index (χ0) is 13.7. The number of aromatic amines is 1. The number of esters is 1. The van der Waals surface area contributed by atoms with Gasteiger partial charge in [-0.05, 0) is 18.2 Å². The second-order valence-electron chi connectivity index (χ2n) is 3.22. The summed E-state index contributed by atoms with van der Waals surface area (Å²) in [6.07, 6.45) is 0. The molecule has 2 aromatic rings. The molecular formula is C10H11BBrNO5. The summed E-state index contributed by atoms with van der Waals surface area (Å²) in [5, 5.41) is 22.5. The van der Waals surface area contributed by atoms with Gasteiger partial charge in [-0.3, -0.25) is 0 Å². The molecular weight excluding hydrogens is 305 g/mol. The summed E-state index contributed by atoms with van der Waals surface area (Å²) < 4.78 is 5.58. The van der Waals surface area contributed by atoms with E-state index in [4.69, 9.17) is 15.1 Å². The van der Waals surface area contributed by atoms with E-state index in [0.717, 1.165) is 15.4 Å². The number of benzene rings is 1. The van der Waals surface area contributed by atoms with Crippen molar-refractivity contribution in [2.24, 2.45) is 0 Å². The number of rotatable bonds is 1. The van der Waals surface area contributed by atoms with Crippen molar-refractivity contribution in [1.29, 1.82) is 0 Å². The van der Waals surface area contributed by atoms with Crippen LogP contribution in [0.25, 0.3) is 10.9 Å². The van der Waals surface area contributed by atoms with Crippen molar-refractivity contribution in [3.8, 4) is 0 Å². The first kappa shape index (κ1) is 14.7. The van der Waals surface area contributed by atoms with Crippen LogP contribution in [0.4, 0.5) is 0 Å². The molecule has 4 N–H and O–H groups in total. The third-order valence-electron chi connectivity index (χ3n) is 2.02. The van der Waals surface area contributed by atoms with Gasteiger partial charge in [0, 0.05) is 15.4 Å². The topological polar surface area (TPSA) is 103 Å². The Labute approximate surface area is 112 Å². The summed E-state index contributed by atoms with van der Waals surface area (Å²) >= 11 is 3.41. The first-order valence-corrected chi connectivity index (χ1v) is 5.64. The second-order valence-corrected chi connectivity index (χ2v) is 4.08. The molecule has 0 aliphatic rings. The highest BCUT2D eigenvalue weighted by atomic mass is 79.9. The first-order valence-electron chi connectivity index (χ1n) is 4.85. The fourth-order valence-corrected chi connectivity index (χ4v) is 1.82. The Hall–Kier alpha value is -1.35. The van der Waals surface area contributed by atoms with Crippen LogP contribution in [0, 0.1) is 0 Å². The molecule has 0 unspecified atom stereocenters. The number of aromatic nitrogens is 1. The minimum absolute atomic E-state index is 0.354. The molecule has 0 atom stereocenters. The average molecular weight is 316 g/mol. The van der Waals surface area contributed by atoms with Crippen LogP contribution >= 0.6 is 15.9 Å². The summed E-state index contributed by atoms with van der Waals surface area (Å²) in [5.41, 5.74) is 1.38. The Bertz CT molecular complexity index is 539. The molecule has 0 amide bonds. The van der Waals surface area contributed by atoms with Crippen molar-refractivity contribution in [2.75, 3.05) is 7.11 Å². The van der Waals surface area contributed by atoms with E-state index < -0.39 is 7.32 Å². The van der Waals surface area contributed by atoms with Crippen LogP contribution in [0.1, 0.15) is 10.5 Å². The highest BCUT2D eigenvalue weighted by Crippen LogP contribution is 2.24. The largest absolute Gasteiger partial charge is 0.631 e. The third-order valence-corrected chi connectivity index (χ3v) is 2.71. The van der Waals surface area contributed by atoms with Crippen molar-refractivity contribution in [2.45, 2.75) is 0 Å². The van der Waals surface area contributed by atoms with Gasteiger partial charge in [0.15, 0.2) is 0 Å². The monoisotopic (exact) mass is 315 g/mol. The van der Waals surface area contributed by atoms with Crippen molar-refractivity contribution in [3.05, 3.63) is 34.4 Å². The molecule has 1 aromatic carbocycles. The molecule has 0 saturated heterocycles. The van der Waals surface area contributed by atoms with Crippen molar-refractivity contribution in [1.82, 2.24) is 4.98 Å². The van der Waals surface area contributed by atoms with E-state index in [9.17, 15) is 4.79 Å². The van der Waals surface area contributed by atoms with Gasteiger partial charge in [0.05, 0.1) is 7.11 Å². The van der Waals surface area contributed by atoms with Crippen LogP contribution < -0.4 is 0 Å². The molecule has 1 heterocycles. The van der Waals surface area contributed by atoms with Gasteiger partial charge in [-0.15, -0.1) is 0 Å². The first-order chi connectivity index (χ1) is 8.45. The van der Waals surface area contributed by atoms with Crippen molar-refractivity contribution in [3.63, 3.8) is 0 Å². The number of carbonyl (C=O) groups excluding carboxylic acids is 1. The lowest BCUT2D eigenvalue weighted by Crippen LogP contribution is -2.07. The van der Waals surface area contributed by atoms with Crippen molar-refractivity contribution >= 4 is 40.1 Å². The second kappa shape index (κ2) is 6.55. The maximum atomic E-state index is 11.2. The summed E-state index contributed by atoms with van der Waals surface area (Å²) in [6.45, 7) is 0. The molecule has 0 saturated carbocycles. The van der Waals surface area contributed by atoms with Gasteiger partial charge in [-0.2, -0.15) is 0 Å². The van der Waals surface area contributed by atoms with E-state index in [1.54, 1.807) is 6.07 Å². The molecule has 2 rings (SSSR count). The van der Waals surface area contributed by atoms with Gasteiger partial charge in [-0.25, -0.2) is 4.79 Å². The molecule has 18 heavy (non-hydrogen) atoms. The van der Waals surface area contributed by atoms with Gasteiger partial charge in [0.1, 0.15) is 5.69 Å². The number of ether oxygens (including phenoxy) is 1. The van der Waals surface area contributed by atoms with E-state index in [2.05, 4.69) is 25.7 Å². The lowest BCUT2D eigenvalue weighted by atomic mass is 10.2. The Morgan fingerprint density at radius 3 is 2.50 bits per heavy atom. The lowest BCUT2D eigenvalue weighted by Gasteiger charge is -1.91. The average Bonchev–Trinajstić information content (AvgIpc) is 2.72. The number of hydrogen-bond acceptors (Lipinski definition) is 5. The quantitative estimate of drug-likeness (QED) is 0.457. The normalized spacial score (nSPS) is 9.61. The molecule has 8 heteroatoms. The van der Waals surface area contributed by atoms with Crippen LogP contribution in [-0.4, -0.2) is 40.5 Å². The smallest absolute Gasteiger partial charge is 0.464 e. The number of hydrogen-bond donors (Lipinski definition) is 4. The Morgan fingerprint density at radius 2 is 2.00 bits per heavy atom. The van der Waals surface area contributed by atoms with Crippen LogP contribution in [-0.2, 0) is 4.74 Å². The number of halogens is 1. The molecule has 0 aliphatic heterocycles. The Kier molecular flexibility index (Phi) is 5.36. The molecule has 6 nitrogen and oxygen atoms in total. The van der Waals surface area contributed by atoms with E-state index >= 15 is 0 Å². The molecule has 1 aromatic heterocycles. The third kappa shape index (κ3) is 3.85. The zero-order valence-electron chi connectivity index (χ0n) is 9.42. The van der Waals surface area contributed by atoms with Gasteiger partial charge in [0.25, 0.3) is 0 Å². The Balaban J connectivity index is 0.000000357. The molecule has 0 aliphatic carbocycles. The standard InChI is InChI=1S/C10H8BrNO2.BH3O3/c1-14-10(13)9-5-6-7(11)3-2-4-8(6)12-9;2-1(3)4/h2-5,12H,1H3;2-4H. The SMILES string of the molecule is COC(=O)c1cc2c(Br)cccc2[nH]1.OB(O)O. The molecule has 0 radical (unpaired) electrons. The fourth-order valence-electron chi connectivity index (χ4n) is 1.34. The highest BCUT2D eigenvalue weighted by molar-refractivity contribution is 9.10. The minimum atomic E-state index is -2.17. The van der Waals surface area contributed by atoms with Crippen LogP contribution in [0.15, 0.2) is 28.7 Å². The van der Waals surface area contributed by atoms with E-state index in [-0.39, 0.29) is 5.97 Å². The van der Waals surface area contributed by atoms with Gasteiger partial charge >= 0.3 is 13.3 Å². The molecule has 0 spiro atoms. The molecule has 0 fully saturated rings. The predicted molar refractivity (Wildman–Crippen MR) is 69.7 cm³/mol. The number of fused-ring (bicyclic) bond motifs is 1. The van der Waals surface area contributed by atoms with Gasteiger partial charge in [-0.1, -0.05) is 22.0 Å². The fraction of sp³-hybridized carbons (Fsp3) is 0.100. The summed E-state index contributed by atoms with van der Waals surface area (Å²) in [4.78, 5) is 14.2. The van der Waals surface area contributed by atoms with E-state index in [1.165, 1.54) is 7.11 Å². The maximum Gasteiger partial charge on any atom is 0.631 e. The van der Waals surface area contributed by atoms with Crippen LogP contribution in [0.3, 0.4) is 0 Å². The summed E-state index contributed by atoms with van der Waals surface area (Å²) in [7, 11) is -0.803. The van der Waals surface area contributed by atoms with Crippen molar-refractivity contribution < 1.29 is 24.6 Å². The summed E-state index contributed by atoms with van der Waals surface area (Å²) in [6, 6.07) is 7.51. The van der Waals surface area contributed by atoms with Crippen LogP contribution in [0.5, 0.6) is 0 Å². The van der Waals surface area contributed by atoms with E-state index in [1.807, 2.05) is 18.2 Å². The van der Waals surface area contributed by atoms with Crippen LogP contribution in [0.2, 0.25) is 0 Å². The number of methoxy groups -OCH3 is 1. The number of carbonyl (C=O) groups is 1. The summed E-state index contributed by atoms with van der Waals surface area (Å²) in [5.74, 6) is -0.354. The lowest BCUT2D eigenvalue weighted by molar-refractivity contribution is 0.0595. The Morgan fingerprint density at radius 1 is 1.39 bits per heavy atom. The zero-order valence-corrected chi connectivity index (χ0v) is 11.0. The highest BCUT2D eigenvalue weighted by Gasteiger charge is 2.10. The maximum absolute atomic E-state index is 11.2. The molecule has 0 bridgehead atoms. The van der Waals surface area contributed by atoms with Gasteiger partial charge < -0.3 is 24.8 Å². The number of H-pyrrole nitrogens is 1. The number of nitrogens with one attached hydrogen (secondary N) is 1. The predicted octanol–water partition coefficient (Wildman–Crippen LogP) is 0.665. The minimum Gasteiger partial charge on any atom is -0.464 e. The van der Waals surface area contributed by atoms with E-state index in [0.29, 0.717) is 5.69 Å².